The van der Waals surface area contributed by atoms with Gasteiger partial charge in [0.1, 0.15) is 0 Å². The SMILES string of the molecule is c1ccc(-n2c3ccccc3c3cc(-n4c5c6c(ccc5c5ccc7ccccc7c54)C4(c5ccccc5-6)c5ccccc5C5(c6ccccc6-c6ccccc65)c5ccccc54)ccc32)cc1. The van der Waals surface area contributed by atoms with Crippen molar-refractivity contribution in [3.63, 3.8) is 0 Å². The lowest BCUT2D eigenvalue weighted by molar-refractivity contribution is 0.633. The van der Waals surface area contributed by atoms with Gasteiger partial charge in [0.15, 0.2) is 0 Å². The number of nitrogens with zero attached hydrogens (tertiary/aromatic N) is 2. The first kappa shape index (κ1) is 36.5. The Bertz CT molecular complexity index is 4240. The number of rotatable bonds is 2. The lowest BCUT2D eigenvalue weighted by atomic mass is 9.52. The molecule has 0 N–H and O–H groups in total. The Morgan fingerprint density at radius 3 is 1.41 bits per heavy atom. The van der Waals surface area contributed by atoms with Crippen molar-refractivity contribution in [2.24, 2.45) is 0 Å². The van der Waals surface area contributed by atoms with Crippen LogP contribution in [-0.2, 0) is 10.8 Å². The molecule has 2 nitrogen and oxygen atoms in total. The highest BCUT2D eigenvalue weighted by molar-refractivity contribution is 6.23. The first-order valence-electron chi connectivity index (χ1n) is 23.9. The number of para-hydroxylation sites is 2. The van der Waals surface area contributed by atoms with Crippen LogP contribution in [0.3, 0.4) is 0 Å². The van der Waals surface area contributed by atoms with Gasteiger partial charge in [-0.25, -0.2) is 0 Å². The predicted molar refractivity (Wildman–Crippen MR) is 281 cm³/mol. The molecule has 16 rings (SSSR count). The average Bonchev–Trinajstić information content (AvgIpc) is 4.11. The minimum atomic E-state index is -0.596. The third-order valence-electron chi connectivity index (χ3n) is 16.2. The lowest BCUT2D eigenvalue weighted by Crippen LogP contribution is -2.43. The Hall–Kier alpha value is -8.72. The number of hydrogen-bond donors (Lipinski definition) is 0. The monoisotopic (exact) mass is 860 g/mol. The Morgan fingerprint density at radius 1 is 0.250 bits per heavy atom. The second-order valence-electron chi connectivity index (χ2n) is 19.0. The van der Waals surface area contributed by atoms with Crippen LogP contribution in [0.1, 0.15) is 44.5 Å². The fraction of sp³-hybridized carbons (Fsp3) is 0.0303. The molecule has 3 aliphatic carbocycles. The van der Waals surface area contributed by atoms with Gasteiger partial charge in [0.2, 0.25) is 0 Å². The molecule has 3 aliphatic rings. The fourth-order valence-electron chi connectivity index (χ4n) is 13.8. The molecule has 2 spiro atoms. The summed E-state index contributed by atoms with van der Waals surface area (Å²) >= 11 is 0. The Labute approximate surface area is 393 Å². The van der Waals surface area contributed by atoms with Crippen molar-refractivity contribution in [3.05, 3.63) is 287 Å². The minimum Gasteiger partial charge on any atom is -0.309 e. The van der Waals surface area contributed by atoms with Crippen LogP contribution in [0, 0.1) is 0 Å². The Balaban J connectivity index is 1.07. The molecule has 0 saturated carbocycles. The fourth-order valence-corrected chi connectivity index (χ4v) is 13.8. The van der Waals surface area contributed by atoms with E-state index in [4.69, 9.17) is 0 Å². The molecular weight excluding hydrogens is 821 g/mol. The summed E-state index contributed by atoms with van der Waals surface area (Å²) in [6.45, 7) is 0. The third-order valence-corrected chi connectivity index (χ3v) is 16.2. The van der Waals surface area contributed by atoms with Crippen molar-refractivity contribution in [1.82, 2.24) is 9.13 Å². The summed E-state index contributed by atoms with van der Waals surface area (Å²) in [5.41, 5.74) is 22.1. The van der Waals surface area contributed by atoms with Gasteiger partial charge in [-0.15, -0.1) is 0 Å². The summed E-state index contributed by atoms with van der Waals surface area (Å²) in [7, 11) is 0. The van der Waals surface area contributed by atoms with Crippen molar-refractivity contribution in [2.75, 3.05) is 0 Å². The van der Waals surface area contributed by atoms with Crippen LogP contribution < -0.4 is 0 Å². The molecule has 0 atom stereocenters. The number of benzene rings is 11. The van der Waals surface area contributed by atoms with Crippen molar-refractivity contribution < 1.29 is 0 Å². The maximum Gasteiger partial charge on any atom is 0.0720 e. The molecule has 68 heavy (non-hydrogen) atoms. The van der Waals surface area contributed by atoms with Gasteiger partial charge < -0.3 is 9.13 Å². The van der Waals surface area contributed by atoms with Crippen LogP contribution in [0.5, 0.6) is 0 Å². The maximum absolute atomic E-state index is 2.63. The molecule has 0 saturated heterocycles. The van der Waals surface area contributed by atoms with E-state index in [1.54, 1.807) is 0 Å². The molecule has 2 aromatic heterocycles. The van der Waals surface area contributed by atoms with Crippen LogP contribution in [0.25, 0.3) is 88.0 Å². The van der Waals surface area contributed by atoms with E-state index in [9.17, 15) is 0 Å². The smallest absolute Gasteiger partial charge is 0.0720 e. The van der Waals surface area contributed by atoms with Gasteiger partial charge in [-0.3, -0.25) is 0 Å². The van der Waals surface area contributed by atoms with E-state index in [0.717, 1.165) is 11.4 Å². The zero-order chi connectivity index (χ0) is 44.3. The standard InChI is InChI=1S/C66H40N2/c1-2-19-42(20-3-1)67-60-33-17-9-24-47(60)51-40-43(35-39-61(51)67)68-63-44-21-5-4-18-41(44)34-36-48(63)49-37-38-59-62(64(49)68)50-25-8-12-28-54(50)66(59)57-31-15-13-29-55(57)65(56-30-14-16-32-58(56)66)52-26-10-6-22-45(52)46-23-7-11-27-53(46)65/h1-40H. The van der Waals surface area contributed by atoms with E-state index in [1.807, 2.05) is 0 Å². The van der Waals surface area contributed by atoms with Crippen molar-refractivity contribution in [1.29, 1.82) is 0 Å². The van der Waals surface area contributed by atoms with E-state index in [1.165, 1.54) is 121 Å². The van der Waals surface area contributed by atoms with Crippen molar-refractivity contribution in [3.8, 4) is 33.6 Å². The quantitative estimate of drug-likeness (QED) is 0.164. The predicted octanol–water partition coefficient (Wildman–Crippen LogP) is 16.1. The first-order chi connectivity index (χ1) is 33.8. The molecule has 0 aliphatic heterocycles. The second kappa shape index (κ2) is 13.0. The van der Waals surface area contributed by atoms with Gasteiger partial charge in [0, 0.05) is 43.9 Å². The van der Waals surface area contributed by atoms with Crippen LogP contribution >= 0.6 is 0 Å². The largest absolute Gasteiger partial charge is 0.309 e. The molecule has 0 unspecified atom stereocenters. The molecule has 0 bridgehead atoms. The Kier molecular flexibility index (Phi) is 6.98. The zero-order valence-electron chi connectivity index (χ0n) is 37.0. The molecule has 0 amide bonds. The summed E-state index contributed by atoms with van der Waals surface area (Å²) in [5, 5.41) is 7.48. The first-order valence-corrected chi connectivity index (χ1v) is 23.9. The average molecular weight is 861 g/mol. The summed E-state index contributed by atoms with van der Waals surface area (Å²) in [6.07, 6.45) is 0. The highest BCUT2D eigenvalue weighted by Crippen LogP contribution is 2.68. The van der Waals surface area contributed by atoms with E-state index < -0.39 is 10.8 Å². The van der Waals surface area contributed by atoms with Gasteiger partial charge in [-0.1, -0.05) is 206 Å². The highest BCUT2D eigenvalue weighted by Gasteiger charge is 2.59. The number of aromatic nitrogens is 2. The van der Waals surface area contributed by atoms with Crippen LogP contribution in [0.4, 0.5) is 0 Å². The molecule has 13 aromatic rings. The molecule has 314 valence electrons. The third kappa shape index (κ3) is 4.22. The molecule has 0 radical (unpaired) electrons. The van der Waals surface area contributed by atoms with Crippen LogP contribution in [0.2, 0.25) is 0 Å². The zero-order valence-corrected chi connectivity index (χ0v) is 37.0. The van der Waals surface area contributed by atoms with Crippen LogP contribution in [-0.4, -0.2) is 9.13 Å². The number of fused-ring (bicyclic) bond motifs is 25. The Morgan fingerprint density at radius 2 is 0.735 bits per heavy atom. The van der Waals surface area contributed by atoms with Gasteiger partial charge >= 0.3 is 0 Å². The summed E-state index contributed by atoms with van der Waals surface area (Å²) in [5.74, 6) is 0. The summed E-state index contributed by atoms with van der Waals surface area (Å²) < 4.78 is 5.04. The van der Waals surface area contributed by atoms with E-state index >= 15 is 0 Å². The number of hydrogen-bond acceptors (Lipinski definition) is 0. The van der Waals surface area contributed by atoms with E-state index in [-0.39, 0.29) is 0 Å². The highest BCUT2D eigenvalue weighted by atomic mass is 15.0. The normalized spacial score (nSPS) is 14.4. The van der Waals surface area contributed by atoms with Crippen molar-refractivity contribution in [2.45, 2.75) is 10.8 Å². The topological polar surface area (TPSA) is 9.86 Å². The van der Waals surface area contributed by atoms with Gasteiger partial charge in [-0.05, 0) is 103 Å². The molecule has 2 heteroatoms. The summed E-state index contributed by atoms with van der Waals surface area (Å²) in [4.78, 5) is 0. The van der Waals surface area contributed by atoms with Gasteiger partial charge in [-0.2, -0.15) is 0 Å². The second-order valence-corrected chi connectivity index (χ2v) is 19.0. The van der Waals surface area contributed by atoms with E-state index in [2.05, 4.69) is 252 Å². The van der Waals surface area contributed by atoms with E-state index in [0.29, 0.717) is 0 Å². The van der Waals surface area contributed by atoms with Gasteiger partial charge in [0.05, 0.1) is 32.9 Å². The lowest BCUT2D eigenvalue weighted by Gasteiger charge is -2.48. The van der Waals surface area contributed by atoms with Crippen molar-refractivity contribution >= 4 is 54.4 Å². The molecule has 11 aromatic carbocycles. The molecular formula is C66H40N2. The maximum atomic E-state index is 2.63. The van der Waals surface area contributed by atoms with Gasteiger partial charge in [0.25, 0.3) is 0 Å². The summed E-state index contributed by atoms with van der Waals surface area (Å²) in [6, 6.07) is 91.9. The molecule has 0 fully saturated rings. The van der Waals surface area contributed by atoms with Crippen LogP contribution in [0.15, 0.2) is 243 Å². The molecule has 2 heterocycles. The minimum absolute atomic E-state index is 0.491.